The Morgan fingerprint density at radius 2 is 1.94 bits per heavy atom. The summed E-state index contributed by atoms with van der Waals surface area (Å²) in [6.45, 7) is 4.84. The van der Waals surface area contributed by atoms with Crippen LogP contribution in [-0.2, 0) is 14.2 Å². The van der Waals surface area contributed by atoms with Crippen LogP contribution in [0.4, 0.5) is 10.3 Å². The minimum Gasteiger partial charge on any atom is -0.376 e. The fourth-order valence-corrected chi connectivity index (χ4v) is 4.02. The first-order valence-electron chi connectivity index (χ1n) is 11.5. The Labute approximate surface area is 197 Å². The lowest BCUT2D eigenvalue weighted by Crippen LogP contribution is -2.42. The number of hydrogen-bond donors (Lipinski definition) is 3. The predicted octanol–water partition coefficient (Wildman–Crippen LogP) is 3.27. The highest BCUT2D eigenvalue weighted by molar-refractivity contribution is 5.77. The molecule has 180 valence electrons. The highest BCUT2D eigenvalue weighted by atomic mass is 19.1. The van der Waals surface area contributed by atoms with Crippen molar-refractivity contribution in [1.29, 1.82) is 0 Å². The molecule has 10 heteroatoms. The Morgan fingerprint density at radius 1 is 1.15 bits per heavy atom. The van der Waals surface area contributed by atoms with Gasteiger partial charge in [-0.15, -0.1) is 0 Å². The van der Waals surface area contributed by atoms with Crippen LogP contribution in [0.5, 0.6) is 0 Å². The fourth-order valence-electron chi connectivity index (χ4n) is 4.02. The number of imidazole rings is 1. The summed E-state index contributed by atoms with van der Waals surface area (Å²) in [4.78, 5) is 17.1. The minimum atomic E-state index is -0.661. The van der Waals surface area contributed by atoms with Crippen molar-refractivity contribution in [3.63, 3.8) is 0 Å². The number of aromatic amines is 1. The highest BCUT2D eigenvalue weighted by Crippen LogP contribution is 2.35. The lowest BCUT2D eigenvalue weighted by molar-refractivity contribution is -0.231. The molecule has 34 heavy (non-hydrogen) atoms. The van der Waals surface area contributed by atoms with Crippen molar-refractivity contribution in [2.45, 2.75) is 32.2 Å². The predicted molar refractivity (Wildman–Crippen MR) is 124 cm³/mol. The number of halogens is 1. The minimum absolute atomic E-state index is 0.167. The van der Waals surface area contributed by atoms with Crippen LogP contribution >= 0.6 is 0 Å². The number of H-pyrrole nitrogens is 1. The second kappa shape index (κ2) is 9.75. The summed E-state index contributed by atoms with van der Waals surface area (Å²) in [6.07, 6.45) is 3.29. The smallest absolute Gasteiger partial charge is 0.223 e. The lowest BCUT2D eigenvalue weighted by Gasteiger charge is -2.35. The molecule has 5 rings (SSSR count). The molecule has 9 nitrogen and oxygen atoms in total. The van der Waals surface area contributed by atoms with Gasteiger partial charge in [-0.25, -0.2) is 19.3 Å². The van der Waals surface area contributed by atoms with Gasteiger partial charge in [0.25, 0.3) is 0 Å². The van der Waals surface area contributed by atoms with Crippen LogP contribution in [0.15, 0.2) is 36.5 Å². The molecule has 1 unspecified atom stereocenters. The van der Waals surface area contributed by atoms with Crippen molar-refractivity contribution in [3.8, 4) is 22.6 Å². The quantitative estimate of drug-likeness (QED) is 0.483. The van der Waals surface area contributed by atoms with Crippen LogP contribution in [-0.4, -0.2) is 59.0 Å². The van der Waals surface area contributed by atoms with E-state index in [0.29, 0.717) is 55.2 Å². The summed E-state index contributed by atoms with van der Waals surface area (Å²) in [5, 5.41) is 3.26. The van der Waals surface area contributed by atoms with Crippen LogP contribution in [0.1, 0.15) is 31.9 Å². The molecular weight excluding hydrogens is 439 g/mol. The molecular formula is C24H29FN6O3. The Balaban J connectivity index is 1.44. The van der Waals surface area contributed by atoms with Crippen LogP contribution in [0.3, 0.4) is 0 Å². The molecule has 1 aromatic carbocycles. The van der Waals surface area contributed by atoms with Gasteiger partial charge in [0.05, 0.1) is 36.4 Å². The maximum absolute atomic E-state index is 13.6. The monoisotopic (exact) mass is 468 g/mol. The molecule has 0 radical (unpaired) electrons. The standard InChI is InChI=1S/C24H29FN6O3/c1-24(12-26)13-33-22(34-14-24)21-30-19(15-4-6-16(25)7-5-15)20(31-21)18-8-9-27-23(29-18)28-11-17-3-2-10-32-17/h4-9,17,22H,2-3,10-14,26H2,1H3,(H,30,31)(H,27,28,29). The van der Waals surface area contributed by atoms with Gasteiger partial charge in [0.2, 0.25) is 12.2 Å². The summed E-state index contributed by atoms with van der Waals surface area (Å²) in [5.74, 6) is 0.697. The SMILES string of the molecule is CC1(CN)COC(c2nc(-c3ccc(F)cc3)c(-c3ccnc(NCC4CCCO4)n3)[nH]2)OC1. The van der Waals surface area contributed by atoms with E-state index in [9.17, 15) is 4.39 Å². The molecule has 2 saturated heterocycles. The number of nitrogens with two attached hydrogens (primary N) is 1. The van der Waals surface area contributed by atoms with E-state index in [1.165, 1.54) is 12.1 Å². The van der Waals surface area contributed by atoms with Gasteiger partial charge in [0.1, 0.15) is 5.82 Å². The second-order valence-corrected chi connectivity index (χ2v) is 9.10. The highest BCUT2D eigenvalue weighted by Gasteiger charge is 2.34. The number of ether oxygens (including phenoxy) is 3. The Kier molecular flexibility index (Phi) is 6.55. The van der Waals surface area contributed by atoms with Crippen LogP contribution in [0.25, 0.3) is 22.6 Å². The van der Waals surface area contributed by atoms with Crippen molar-refractivity contribution in [3.05, 3.63) is 48.2 Å². The first-order chi connectivity index (χ1) is 16.5. The molecule has 2 aliphatic rings. The number of hydrogen-bond acceptors (Lipinski definition) is 8. The molecule has 3 aromatic rings. The van der Waals surface area contributed by atoms with Gasteiger partial charge in [-0.05, 0) is 43.2 Å². The zero-order chi connectivity index (χ0) is 23.5. The molecule has 2 fully saturated rings. The molecule has 0 aliphatic carbocycles. The van der Waals surface area contributed by atoms with Gasteiger partial charge in [0, 0.05) is 36.9 Å². The van der Waals surface area contributed by atoms with Gasteiger partial charge in [-0.1, -0.05) is 6.92 Å². The molecule has 0 spiro atoms. The van der Waals surface area contributed by atoms with E-state index in [1.807, 2.05) is 6.92 Å². The Hall–Kier alpha value is -2.92. The summed E-state index contributed by atoms with van der Waals surface area (Å²) in [7, 11) is 0. The average molecular weight is 469 g/mol. The third-order valence-electron chi connectivity index (χ3n) is 6.15. The van der Waals surface area contributed by atoms with Gasteiger partial charge in [0.15, 0.2) is 5.82 Å². The largest absolute Gasteiger partial charge is 0.376 e. The van der Waals surface area contributed by atoms with E-state index in [2.05, 4.69) is 20.3 Å². The van der Waals surface area contributed by atoms with Gasteiger partial charge < -0.3 is 30.2 Å². The summed E-state index contributed by atoms with van der Waals surface area (Å²) >= 11 is 0. The number of nitrogens with one attached hydrogen (secondary N) is 2. The number of benzene rings is 1. The summed E-state index contributed by atoms with van der Waals surface area (Å²) < 4.78 is 31.1. The number of nitrogens with zero attached hydrogens (tertiary/aromatic N) is 3. The number of aromatic nitrogens is 4. The molecule has 0 bridgehead atoms. The third kappa shape index (κ3) is 4.95. The Bertz CT molecular complexity index is 1110. The van der Waals surface area contributed by atoms with Crippen LogP contribution in [0.2, 0.25) is 0 Å². The second-order valence-electron chi connectivity index (χ2n) is 9.10. The Morgan fingerprint density at radius 3 is 2.65 bits per heavy atom. The molecule has 0 saturated carbocycles. The summed E-state index contributed by atoms with van der Waals surface area (Å²) in [6, 6.07) is 7.98. The maximum atomic E-state index is 13.6. The third-order valence-corrected chi connectivity index (χ3v) is 6.15. The molecule has 4 N–H and O–H groups in total. The zero-order valence-corrected chi connectivity index (χ0v) is 19.1. The van der Waals surface area contributed by atoms with E-state index in [0.717, 1.165) is 25.0 Å². The average Bonchev–Trinajstić information content (AvgIpc) is 3.55. The van der Waals surface area contributed by atoms with Crippen molar-refractivity contribution in [2.24, 2.45) is 11.1 Å². The van der Waals surface area contributed by atoms with E-state index in [4.69, 9.17) is 24.9 Å². The van der Waals surface area contributed by atoms with E-state index in [-0.39, 0.29) is 17.3 Å². The van der Waals surface area contributed by atoms with Crippen LogP contribution in [0, 0.1) is 11.2 Å². The normalized spacial score (nSPS) is 24.9. The molecule has 0 amide bonds. The molecule has 1 atom stereocenters. The van der Waals surface area contributed by atoms with E-state index < -0.39 is 6.29 Å². The maximum Gasteiger partial charge on any atom is 0.223 e. The fraction of sp³-hybridized carbons (Fsp3) is 0.458. The van der Waals surface area contributed by atoms with E-state index >= 15 is 0 Å². The molecule has 4 heterocycles. The number of anilines is 1. The van der Waals surface area contributed by atoms with Crippen molar-refractivity contribution < 1.29 is 18.6 Å². The van der Waals surface area contributed by atoms with Crippen molar-refractivity contribution in [1.82, 2.24) is 19.9 Å². The first-order valence-corrected chi connectivity index (χ1v) is 11.5. The zero-order valence-electron chi connectivity index (χ0n) is 19.1. The van der Waals surface area contributed by atoms with Gasteiger partial charge in [-0.2, -0.15) is 0 Å². The van der Waals surface area contributed by atoms with Crippen LogP contribution < -0.4 is 11.1 Å². The van der Waals surface area contributed by atoms with Gasteiger partial charge >= 0.3 is 0 Å². The molecule has 2 aliphatic heterocycles. The van der Waals surface area contributed by atoms with Crippen molar-refractivity contribution >= 4 is 5.95 Å². The van der Waals surface area contributed by atoms with Gasteiger partial charge in [-0.3, -0.25) is 0 Å². The molecule has 2 aromatic heterocycles. The summed E-state index contributed by atoms with van der Waals surface area (Å²) in [5.41, 5.74) is 8.30. The first kappa shape index (κ1) is 22.9. The number of rotatable bonds is 7. The van der Waals surface area contributed by atoms with E-state index in [1.54, 1.807) is 24.4 Å². The van der Waals surface area contributed by atoms with Crippen molar-refractivity contribution in [2.75, 3.05) is 38.2 Å². The lowest BCUT2D eigenvalue weighted by atomic mass is 9.93. The topological polar surface area (TPSA) is 120 Å².